The molecule has 0 aliphatic heterocycles. The van der Waals surface area contributed by atoms with Crippen LogP contribution < -0.4 is 0 Å². The summed E-state index contributed by atoms with van der Waals surface area (Å²) < 4.78 is 17.3. The molecular formula is C12H13FO3. The predicted molar refractivity (Wildman–Crippen MR) is 56.3 cm³/mol. The standard InChI is InChI=1S/C12H13FO3/c1-2-3-7-11(14)16-12(15)9-5-4-6-10(13)8-9/h4-6,8H,2-3,7H2,1H3. The molecule has 0 spiro atoms. The van der Waals surface area contributed by atoms with Crippen molar-refractivity contribution >= 4 is 11.9 Å². The van der Waals surface area contributed by atoms with Gasteiger partial charge in [0.1, 0.15) is 5.82 Å². The number of rotatable bonds is 4. The number of halogens is 1. The third-order valence-electron chi connectivity index (χ3n) is 2.00. The van der Waals surface area contributed by atoms with E-state index < -0.39 is 17.8 Å². The maximum absolute atomic E-state index is 12.8. The summed E-state index contributed by atoms with van der Waals surface area (Å²) in [5.41, 5.74) is 0.0462. The van der Waals surface area contributed by atoms with Crippen LogP contribution in [0.3, 0.4) is 0 Å². The molecule has 86 valence electrons. The molecule has 0 saturated heterocycles. The van der Waals surface area contributed by atoms with Crippen molar-refractivity contribution in [3.63, 3.8) is 0 Å². The van der Waals surface area contributed by atoms with Crippen LogP contribution in [0.1, 0.15) is 36.5 Å². The van der Waals surface area contributed by atoms with Gasteiger partial charge in [-0.2, -0.15) is 0 Å². The van der Waals surface area contributed by atoms with Crippen LogP contribution in [0.15, 0.2) is 24.3 Å². The van der Waals surface area contributed by atoms with Crippen LogP contribution in [0.25, 0.3) is 0 Å². The number of ether oxygens (including phenoxy) is 1. The minimum atomic E-state index is -0.805. The molecule has 16 heavy (non-hydrogen) atoms. The van der Waals surface area contributed by atoms with E-state index in [1.807, 2.05) is 6.92 Å². The van der Waals surface area contributed by atoms with Crippen LogP contribution >= 0.6 is 0 Å². The Morgan fingerprint density at radius 2 is 2.12 bits per heavy atom. The number of carbonyl (C=O) groups is 2. The normalized spacial score (nSPS) is 9.88. The van der Waals surface area contributed by atoms with Gasteiger partial charge in [0, 0.05) is 6.42 Å². The SMILES string of the molecule is CCCCC(=O)OC(=O)c1cccc(F)c1. The zero-order chi connectivity index (χ0) is 12.0. The second-order valence-electron chi connectivity index (χ2n) is 3.38. The first kappa shape index (κ1) is 12.4. The summed E-state index contributed by atoms with van der Waals surface area (Å²) in [6, 6.07) is 5.05. The Labute approximate surface area is 93.2 Å². The van der Waals surface area contributed by atoms with Crippen molar-refractivity contribution < 1.29 is 18.7 Å². The van der Waals surface area contributed by atoms with Gasteiger partial charge >= 0.3 is 11.9 Å². The molecule has 0 N–H and O–H groups in total. The first-order chi connectivity index (χ1) is 7.63. The summed E-state index contributed by atoms with van der Waals surface area (Å²) in [6.45, 7) is 1.93. The molecule has 1 aromatic rings. The average molecular weight is 224 g/mol. The van der Waals surface area contributed by atoms with E-state index in [0.29, 0.717) is 6.42 Å². The van der Waals surface area contributed by atoms with Crippen molar-refractivity contribution in [3.8, 4) is 0 Å². The lowest BCUT2D eigenvalue weighted by Crippen LogP contribution is -2.12. The molecule has 1 rings (SSSR count). The predicted octanol–water partition coefficient (Wildman–Crippen LogP) is 2.70. The van der Waals surface area contributed by atoms with Crippen molar-refractivity contribution in [2.45, 2.75) is 26.2 Å². The monoisotopic (exact) mass is 224 g/mol. The molecule has 0 heterocycles. The number of unbranched alkanes of at least 4 members (excludes halogenated alkanes) is 1. The van der Waals surface area contributed by atoms with Crippen molar-refractivity contribution in [2.75, 3.05) is 0 Å². The van der Waals surface area contributed by atoms with Gasteiger partial charge in [0.15, 0.2) is 0 Å². The molecule has 0 bridgehead atoms. The Kier molecular flexibility index (Phi) is 4.64. The fourth-order valence-corrected chi connectivity index (χ4v) is 1.15. The van der Waals surface area contributed by atoms with Gasteiger partial charge in [-0.3, -0.25) is 4.79 Å². The Morgan fingerprint density at radius 3 is 2.75 bits per heavy atom. The van der Waals surface area contributed by atoms with Gasteiger partial charge in [-0.25, -0.2) is 9.18 Å². The smallest absolute Gasteiger partial charge is 0.345 e. The van der Waals surface area contributed by atoms with E-state index in [1.54, 1.807) is 0 Å². The van der Waals surface area contributed by atoms with E-state index in [-0.39, 0.29) is 12.0 Å². The second-order valence-corrected chi connectivity index (χ2v) is 3.38. The molecule has 0 aliphatic carbocycles. The Balaban J connectivity index is 2.55. The molecule has 0 amide bonds. The number of esters is 2. The third kappa shape index (κ3) is 3.81. The van der Waals surface area contributed by atoms with Gasteiger partial charge in [0.2, 0.25) is 0 Å². The van der Waals surface area contributed by atoms with Crippen LogP contribution in [0, 0.1) is 5.82 Å². The van der Waals surface area contributed by atoms with Gasteiger partial charge in [0.25, 0.3) is 0 Å². The molecule has 0 radical (unpaired) electrons. The third-order valence-corrected chi connectivity index (χ3v) is 2.00. The summed E-state index contributed by atoms with van der Waals surface area (Å²) in [4.78, 5) is 22.5. The zero-order valence-corrected chi connectivity index (χ0v) is 9.03. The van der Waals surface area contributed by atoms with E-state index in [4.69, 9.17) is 0 Å². The quantitative estimate of drug-likeness (QED) is 0.583. The number of carbonyl (C=O) groups excluding carboxylic acids is 2. The Bertz CT molecular complexity index is 388. The highest BCUT2D eigenvalue weighted by molar-refractivity contribution is 5.96. The first-order valence-corrected chi connectivity index (χ1v) is 5.14. The van der Waals surface area contributed by atoms with Gasteiger partial charge in [0.05, 0.1) is 5.56 Å². The fourth-order valence-electron chi connectivity index (χ4n) is 1.15. The van der Waals surface area contributed by atoms with Crippen molar-refractivity contribution in [2.24, 2.45) is 0 Å². The summed E-state index contributed by atoms with van der Waals surface area (Å²) in [5, 5.41) is 0. The number of benzene rings is 1. The Morgan fingerprint density at radius 1 is 1.38 bits per heavy atom. The molecule has 0 atom stereocenters. The number of hydrogen-bond donors (Lipinski definition) is 0. The molecule has 0 aliphatic rings. The van der Waals surface area contributed by atoms with E-state index in [1.165, 1.54) is 18.2 Å². The van der Waals surface area contributed by atoms with Crippen molar-refractivity contribution in [1.29, 1.82) is 0 Å². The topological polar surface area (TPSA) is 43.4 Å². The zero-order valence-electron chi connectivity index (χ0n) is 9.03. The van der Waals surface area contributed by atoms with E-state index in [9.17, 15) is 14.0 Å². The van der Waals surface area contributed by atoms with Crippen LogP contribution in [0.4, 0.5) is 4.39 Å². The highest BCUT2D eigenvalue weighted by atomic mass is 19.1. The maximum Gasteiger partial charge on any atom is 0.345 e. The van der Waals surface area contributed by atoms with E-state index in [0.717, 1.165) is 12.5 Å². The van der Waals surface area contributed by atoms with Crippen LogP contribution in [0.2, 0.25) is 0 Å². The van der Waals surface area contributed by atoms with Gasteiger partial charge in [-0.15, -0.1) is 0 Å². The fraction of sp³-hybridized carbons (Fsp3) is 0.333. The van der Waals surface area contributed by atoms with Crippen LogP contribution in [-0.2, 0) is 9.53 Å². The summed E-state index contributed by atoms with van der Waals surface area (Å²) in [7, 11) is 0. The lowest BCUT2D eigenvalue weighted by Gasteiger charge is -2.02. The lowest BCUT2D eigenvalue weighted by molar-refractivity contribution is -0.138. The van der Waals surface area contributed by atoms with E-state index in [2.05, 4.69) is 4.74 Å². The van der Waals surface area contributed by atoms with Crippen molar-refractivity contribution in [1.82, 2.24) is 0 Å². The van der Waals surface area contributed by atoms with E-state index >= 15 is 0 Å². The average Bonchev–Trinajstić information content (AvgIpc) is 2.26. The minimum absolute atomic E-state index is 0.0462. The van der Waals surface area contributed by atoms with Crippen molar-refractivity contribution in [3.05, 3.63) is 35.6 Å². The second kappa shape index (κ2) is 6.00. The highest BCUT2D eigenvalue weighted by Crippen LogP contribution is 2.06. The summed E-state index contributed by atoms with van der Waals surface area (Å²) in [6.07, 6.45) is 1.73. The van der Waals surface area contributed by atoms with Gasteiger partial charge < -0.3 is 4.74 Å². The van der Waals surface area contributed by atoms with Gasteiger partial charge in [-0.05, 0) is 24.6 Å². The highest BCUT2D eigenvalue weighted by Gasteiger charge is 2.12. The Hall–Kier alpha value is -1.71. The molecule has 0 aromatic heterocycles. The molecule has 3 nitrogen and oxygen atoms in total. The molecule has 1 aromatic carbocycles. The largest absolute Gasteiger partial charge is 0.389 e. The first-order valence-electron chi connectivity index (χ1n) is 5.14. The number of hydrogen-bond acceptors (Lipinski definition) is 3. The molecule has 0 fully saturated rings. The molecule has 4 heteroatoms. The molecular weight excluding hydrogens is 211 g/mol. The van der Waals surface area contributed by atoms with Crippen LogP contribution in [-0.4, -0.2) is 11.9 Å². The maximum atomic E-state index is 12.8. The molecule has 0 unspecified atom stereocenters. The minimum Gasteiger partial charge on any atom is -0.389 e. The lowest BCUT2D eigenvalue weighted by atomic mass is 10.2. The molecule has 0 saturated carbocycles. The summed E-state index contributed by atoms with van der Waals surface area (Å²) in [5.74, 6) is -1.91. The van der Waals surface area contributed by atoms with Crippen LogP contribution in [0.5, 0.6) is 0 Å². The van der Waals surface area contributed by atoms with Gasteiger partial charge in [-0.1, -0.05) is 19.4 Å². The summed E-state index contributed by atoms with van der Waals surface area (Å²) >= 11 is 0.